The predicted octanol–water partition coefficient (Wildman–Crippen LogP) is 5.14. The first-order valence-corrected chi connectivity index (χ1v) is 16.1. The average molecular weight is 714 g/mol. The third kappa shape index (κ3) is 6.66. The maximum absolute atomic E-state index is 14.3. The molecule has 1 aromatic carbocycles. The number of nitrogens with zero attached hydrogens (tertiary/aromatic N) is 4. The largest absolute Gasteiger partial charge is 0.484 e. The predicted molar refractivity (Wildman–Crippen MR) is 167 cm³/mol. The number of amides is 4. The number of halogens is 6. The molecular formula is C33H37F6N5O6. The number of unbranched alkanes of at least 4 members (excludes halogenated alkanes) is 1. The van der Waals surface area contributed by atoms with Crippen molar-refractivity contribution >= 4 is 29.6 Å². The Hall–Kier alpha value is -4.54. The van der Waals surface area contributed by atoms with Crippen LogP contribution in [-0.4, -0.2) is 97.5 Å². The summed E-state index contributed by atoms with van der Waals surface area (Å²) in [5.74, 6) is -0.646. The number of imide groups is 1. The molecule has 0 aliphatic carbocycles. The van der Waals surface area contributed by atoms with Crippen LogP contribution in [0.1, 0.15) is 50.4 Å². The number of hydrogen-bond acceptors (Lipinski definition) is 8. The van der Waals surface area contributed by atoms with Gasteiger partial charge in [0.2, 0.25) is 5.91 Å². The van der Waals surface area contributed by atoms with Crippen molar-refractivity contribution in [2.45, 2.75) is 57.1 Å². The highest BCUT2D eigenvalue weighted by Crippen LogP contribution is 2.53. The molecule has 11 nitrogen and oxygen atoms in total. The third-order valence-corrected chi connectivity index (χ3v) is 8.85. The second-order valence-electron chi connectivity index (χ2n) is 12.2. The van der Waals surface area contributed by atoms with Crippen LogP contribution >= 0.6 is 0 Å². The Bertz CT molecular complexity index is 1630. The van der Waals surface area contributed by atoms with Gasteiger partial charge in [-0.15, -0.1) is 0 Å². The van der Waals surface area contributed by atoms with E-state index in [2.05, 4.69) is 15.0 Å². The van der Waals surface area contributed by atoms with E-state index in [1.807, 2.05) is 0 Å². The minimum absolute atomic E-state index is 0.00369. The van der Waals surface area contributed by atoms with Crippen LogP contribution < -0.4 is 19.7 Å². The first kappa shape index (κ1) is 36.7. The number of carbonyl (C=O) groups excluding carboxylic acids is 3. The normalized spacial score (nSPS) is 20.1. The van der Waals surface area contributed by atoms with Crippen molar-refractivity contribution in [2.75, 3.05) is 57.4 Å². The summed E-state index contributed by atoms with van der Waals surface area (Å²) in [6.07, 6.45) is -8.36. The number of urea groups is 1. The van der Waals surface area contributed by atoms with Gasteiger partial charge in [0, 0.05) is 44.0 Å². The summed E-state index contributed by atoms with van der Waals surface area (Å²) in [4.78, 5) is 47.9. The Labute approximate surface area is 284 Å². The van der Waals surface area contributed by atoms with Crippen LogP contribution in [0.25, 0.3) is 6.08 Å². The standard InChI is InChI=1S/C33H37F6N5O6/c1-4-6-16-50-31(32(34,35)36,33(37,38)39)22-8-9-23(21(19-22)7-5-2)42-12-14-43(15-13-42)26(45)20-44-28(46)30(3,41-29(44)47)25-11-10-24-27(40-25)49-18-17-48-24/h5,7-11,19H,4,6,12-18,20H2,1-3H3,(H,41,47)/b7-5-. The molecule has 1 aromatic heterocycles. The Kier molecular flexibility index (Phi) is 10.3. The number of allylic oxidation sites excluding steroid dienone is 1. The number of carbonyl (C=O) groups is 3. The Morgan fingerprint density at radius 2 is 1.70 bits per heavy atom. The number of rotatable bonds is 10. The number of alkyl halides is 6. The summed E-state index contributed by atoms with van der Waals surface area (Å²) in [6, 6.07) is 5.12. The van der Waals surface area contributed by atoms with E-state index in [0.717, 1.165) is 17.0 Å². The molecule has 2 saturated heterocycles. The van der Waals surface area contributed by atoms with E-state index >= 15 is 0 Å². The second-order valence-corrected chi connectivity index (χ2v) is 12.2. The van der Waals surface area contributed by atoms with Gasteiger partial charge in [-0.3, -0.25) is 14.5 Å². The molecule has 0 saturated carbocycles. The lowest BCUT2D eigenvalue weighted by Crippen LogP contribution is -2.56. The lowest BCUT2D eigenvalue weighted by atomic mass is 9.89. The highest BCUT2D eigenvalue weighted by molar-refractivity contribution is 6.09. The maximum atomic E-state index is 14.3. The number of aromatic nitrogens is 1. The van der Waals surface area contributed by atoms with Gasteiger partial charge in [-0.1, -0.05) is 31.6 Å². The molecular weight excluding hydrogens is 676 g/mol. The Morgan fingerprint density at radius 3 is 2.34 bits per heavy atom. The minimum atomic E-state index is -5.80. The third-order valence-electron chi connectivity index (χ3n) is 8.85. The first-order valence-electron chi connectivity index (χ1n) is 16.1. The van der Waals surface area contributed by atoms with Crippen LogP contribution in [0.2, 0.25) is 0 Å². The van der Waals surface area contributed by atoms with Crippen molar-refractivity contribution in [2.24, 2.45) is 0 Å². The summed E-state index contributed by atoms with van der Waals surface area (Å²) < 4.78 is 101. The van der Waals surface area contributed by atoms with Crippen molar-refractivity contribution in [1.29, 1.82) is 0 Å². The van der Waals surface area contributed by atoms with Crippen molar-refractivity contribution in [3.8, 4) is 11.6 Å². The second kappa shape index (κ2) is 14.0. The zero-order chi connectivity index (χ0) is 36.5. The van der Waals surface area contributed by atoms with Gasteiger partial charge >= 0.3 is 18.4 Å². The number of nitrogens with one attached hydrogen (secondary N) is 1. The molecule has 2 aromatic rings. The molecule has 0 radical (unpaired) electrons. The van der Waals surface area contributed by atoms with Crippen LogP contribution in [-0.2, 0) is 25.5 Å². The lowest BCUT2D eigenvalue weighted by molar-refractivity contribution is -0.389. The highest BCUT2D eigenvalue weighted by atomic mass is 19.4. The molecule has 1 atom stereocenters. The topological polar surface area (TPSA) is 114 Å². The Morgan fingerprint density at radius 1 is 1.02 bits per heavy atom. The fourth-order valence-electron chi connectivity index (χ4n) is 6.13. The van der Waals surface area contributed by atoms with Crippen molar-refractivity contribution in [3.63, 3.8) is 0 Å². The fraction of sp³-hybridized carbons (Fsp3) is 0.515. The number of anilines is 1. The zero-order valence-electron chi connectivity index (χ0n) is 27.6. The van der Waals surface area contributed by atoms with E-state index in [1.54, 1.807) is 24.8 Å². The number of ether oxygens (including phenoxy) is 3. The SMILES string of the molecule is C/C=C\c1cc(C(OCCCC)(C(F)(F)F)C(F)(F)F)ccc1N1CCN(C(=O)CN2C(=O)NC(C)(c3ccc4c(n3)OCCO4)C2=O)CC1. The first-order chi connectivity index (χ1) is 23.6. The summed E-state index contributed by atoms with van der Waals surface area (Å²) in [5, 5.41) is 2.60. The van der Waals surface area contributed by atoms with Gasteiger partial charge in [0.05, 0.1) is 5.69 Å². The van der Waals surface area contributed by atoms with Crippen molar-refractivity contribution in [3.05, 3.63) is 53.2 Å². The van der Waals surface area contributed by atoms with Crippen LogP contribution in [0.5, 0.6) is 11.6 Å². The number of pyridine rings is 1. The van der Waals surface area contributed by atoms with E-state index in [-0.39, 0.29) is 56.3 Å². The molecule has 50 heavy (non-hydrogen) atoms. The summed E-state index contributed by atoms with van der Waals surface area (Å²) in [6.45, 7) is 4.53. The van der Waals surface area contributed by atoms with Crippen LogP contribution in [0.3, 0.4) is 0 Å². The number of fused-ring (bicyclic) bond motifs is 1. The van der Waals surface area contributed by atoms with Crippen molar-refractivity contribution < 1.29 is 54.9 Å². The molecule has 4 heterocycles. The van der Waals surface area contributed by atoms with Gasteiger partial charge in [-0.2, -0.15) is 26.3 Å². The van der Waals surface area contributed by atoms with Gasteiger partial charge in [0.1, 0.15) is 19.8 Å². The molecule has 4 amide bonds. The van der Waals surface area contributed by atoms with E-state index in [0.29, 0.717) is 24.5 Å². The van der Waals surface area contributed by atoms with Gasteiger partial charge in [-0.05, 0) is 50.1 Å². The number of benzene rings is 1. The van der Waals surface area contributed by atoms with Crippen LogP contribution in [0.4, 0.5) is 36.8 Å². The molecule has 3 aliphatic heterocycles. The summed E-state index contributed by atoms with van der Waals surface area (Å²) in [5.41, 5.74) is -6.52. The van der Waals surface area contributed by atoms with Gasteiger partial charge in [0.25, 0.3) is 17.4 Å². The average Bonchev–Trinajstić information content (AvgIpc) is 3.29. The van der Waals surface area contributed by atoms with E-state index in [9.17, 15) is 40.7 Å². The summed E-state index contributed by atoms with van der Waals surface area (Å²) in [7, 11) is 0. The lowest BCUT2D eigenvalue weighted by Gasteiger charge is -2.39. The van der Waals surface area contributed by atoms with E-state index in [4.69, 9.17) is 9.47 Å². The number of piperazine rings is 1. The molecule has 1 unspecified atom stereocenters. The zero-order valence-corrected chi connectivity index (χ0v) is 27.6. The molecule has 2 fully saturated rings. The van der Waals surface area contributed by atoms with Gasteiger partial charge < -0.3 is 29.3 Å². The molecule has 1 N–H and O–H groups in total. The molecule has 0 bridgehead atoms. The molecule has 0 spiro atoms. The molecule has 272 valence electrons. The molecule has 5 rings (SSSR count). The van der Waals surface area contributed by atoms with E-state index < -0.39 is 60.1 Å². The number of hydrogen-bond donors (Lipinski definition) is 1. The highest BCUT2D eigenvalue weighted by Gasteiger charge is 2.73. The molecule has 3 aliphatic rings. The Balaban J connectivity index is 1.29. The van der Waals surface area contributed by atoms with Crippen molar-refractivity contribution in [1.82, 2.24) is 20.1 Å². The van der Waals surface area contributed by atoms with Crippen LogP contribution in [0, 0.1) is 0 Å². The monoisotopic (exact) mass is 713 g/mol. The molecule has 17 heteroatoms. The van der Waals surface area contributed by atoms with E-state index in [1.165, 1.54) is 36.1 Å². The maximum Gasteiger partial charge on any atom is 0.430 e. The fourth-order valence-corrected chi connectivity index (χ4v) is 6.13. The van der Waals surface area contributed by atoms with Gasteiger partial charge in [0.15, 0.2) is 11.3 Å². The summed E-state index contributed by atoms with van der Waals surface area (Å²) >= 11 is 0. The quantitative estimate of drug-likeness (QED) is 0.205. The van der Waals surface area contributed by atoms with Crippen LogP contribution in [0.15, 0.2) is 36.4 Å². The minimum Gasteiger partial charge on any atom is -0.484 e. The smallest absolute Gasteiger partial charge is 0.430 e. The van der Waals surface area contributed by atoms with Gasteiger partial charge in [-0.25, -0.2) is 9.78 Å².